The Morgan fingerprint density at radius 1 is 1.33 bits per heavy atom. The summed E-state index contributed by atoms with van der Waals surface area (Å²) in [4.78, 5) is 14.5. The van der Waals surface area contributed by atoms with Gasteiger partial charge in [0.1, 0.15) is 11.6 Å². The summed E-state index contributed by atoms with van der Waals surface area (Å²) in [5.41, 5.74) is 5.58. The number of rotatable bonds is 4. The molecule has 1 aromatic rings. The number of Topliss-reactive ketones (excluding diaryl/α,β-unsaturated/α-hetero) is 1. The van der Waals surface area contributed by atoms with Gasteiger partial charge in [-0.1, -0.05) is 0 Å². The normalized spacial score (nSPS) is 18.0. The highest BCUT2D eigenvalue weighted by molar-refractivity contribution is 5.98. The molecule has 0 saturated carbocycles. The molecule has 5 heteroatoms. The van der Waals surface area contributed by atoms with Gasteiger partial charge in [0, 0.05) is 18.0 Å². The molecule has 1 fully saturated rings. The van der Waals surface area contributed by atoms with Gasteiger partial charge < -0.3 is 10.6 Å². The second kappa shape index (κ2) is 6.20. The number of carbonyl (C=O) groups is 1. The van der Waals surface area contributed by atoms with Gasteiger partial charge in [0.25, 0.3) is 0 Å². The summed E-state index contributed by atoms with van der Waals surface area (Å²) in [7, 11) is 0. The maximum Gasteiger partial charge on any atom is 0.169 e. The van der Waals surface area contributed by atoms with Crippen molar-refractivity contribution in [3.63, 3.8) is 0 Å². The first-order valence-electron chi connectivity index (χ1n) is 7.27. The van der Waals surface area contributed by atoms with E-state index in [0.29, 0.717) is 12.8 Å². The van der Waals surface area contributed by atoms with Crippen molar-refractivity contribution in [1.29, 1.82) is 0 Å². The van der Waals surface area contributed by atoms with E-state index in [0.717, 1.165) is 37.8 Å². The quantitative estimate of drug-likeness (QED) is 0.869. The van der Waals surface area contributed by atoms with Crippen LogP contribution in [0.4, 0.5) is 8.78 Å². The Morgan fingerprint density at radius 3 is 2.52 bits per heavy atom. The molecule has 0 spiro atoms. The number of ketones is 1. The Bertz CT molecular complexity index is 517. The lowest BCUT2D eigenvalue weighted by molar-refractivity contribution is 0.0821. The van der Waals surface area contributed by atoms with Gasteiger partial charge in [-0.2, -0.15) is 0 Å². The summed E-state index contributed by atoms with van der Waals surface area (Å²) >= 11 is 0. The van der Waals surface area contributed by atoms with Crippen LogP contribution in [0.5, 0.6) is 0 Å². The number of hydrogen-bond acceptors (Lipinski definition) is 3. The lowest BCUT2D eigenvalue weighted by Crippen LogP contribution is -2.48. The van der Waals surface area contributed by atoms with Gasteiger partial charge in [0.15, 0.2) is 5.78 Å². The molecular formula is C16H22F2N2O. The fourth-order valence-corrected chi connectivity index (χ4v) is 2.84. The Kier molecular flexibility index (Phi) is 4.74. The van der Waals surface area contributed by atoms with Crippen molar-refractivity contribution in [2.24, 2.45) is 11.7 Å². The van der Waals surface area contributed by atoms with Gasteiger partial charge in [0.2, 0.25) is 0 Å². The molecule has 116 valence electrons. The third kappa shape index (κ3) is 4.32. The molecule has 1 aliphatic rings. The summed E-state index contributed by atoms with van der Waals surface area (Å²) in [6.45, 7) is 6.21. The van der Waals surface area contributed by atoms with Crippen LogP contribution in [0.3, 0.4) is 0 Å². The fourth-order valence-electron chi connectivity index (χ4n) is 2.84. The second-order valence-electron chi connectivity index (χ2n) is 6.53. The number of carbonyl (C=O) groups excluding carboxylic acids is 1. The standard InChI is InChI=1S/C16H22F2N2O/c1-16(2,19)10-20-7-5-11(6-8-20)15(21)13-9-12(17)3-4-14(13)18/h3-4,9,11H,5-8,10,19H2,1-2H3. The van der Waals surface area contributed by atoms with Crippen LogP contribution in [-0.2, 0) is 0 Å². The van der Waals surface area contributed by atoms with E-state index in [-0.39, 0.29) is 22.8 Å². The molecule has 1 aliphatic heterocycles. The predicted octanol–water partition coefficient (Wildman–Crippen LogP) is 2.60. The molecule has 0 aliphatic carbocycles. The number of nitrogens with two attached hydrogens (primary N) is 1. The fraction of sp³-hybridized carbons (Fsp3) is 0.562. The van der Waals surface area contributed by atoms with Crippen molar-refractivity contribution < 1.29 is 13.6 Å². The Labute approximate surface area is 124 Å². The number of hydrogen-bond donors (Lipinski definition) is 1. The SMILES string of the molecule is CC(C)(N)CN1CCC(C(=O)c2cc(F)ccc2F)CC1. The summed E-state index contributed by atoms with van der Waals surface area (Å²) in [5.74, 6) is -1.76. The van der Waals surface area contributed by atoms with Gasteiger partial charge >= 0.3 is 0 Å². The number of halogens is 2. The first-order valence-corrected chi connectivity index (χ1v) is 7.27. The highest BCUT2D eigenvalue weighted by Gasteiger charge is 2.29. The zero-order valence-electron chi connectivity index (χ0n) is 12.5. The van der Waals surface area contributed by atoms with Crippen LogP contribution in [-0.4, -0.2) is 35.9 Å². The van der Waals surface area contributed by atoms with Crippen molar-refractivity contribution in [3.8, 4) is 0 Å². The zero-order valence-corrected chi connectivity index (χ0v) is 12.5. The van der Waals surface area contributed by atoms with Crippen molar-refractivity contribution in [3.05, 3.63) is 35.4 Å². The van der Waals surface area contributed by atoms with Gasteiger partial charge in [0.05, 0.1) is 5.56 Å². The minimum Gasteiger partial charge on any atom is -0.324 e. The van der Waals surface area contributed by atoms with Crippen LogP contribution in [0, 0.1) is 17.6 Å². The lowest BCUT2D eigenvalue weighted by Gasteiger charge is -2.35. The number of nitrogens with zero attached hydrogens (tertiary/aromatic N) is 1. The smallest absolute Gasteiger partial charge is 0.169 e. The van der Waals surface area contributed by atoms with Gasteiger partial charge in [-0.15, -0.1) is 0 Å². The van der Waals surface area contributed by atoms with E-state index in [9.17, 15) is 13.6 Å². The highest BCUT2D eigenvalue weighted by atomic mass is 19.1. The number of benzene rings is 1. The molecule has 3 nitrogen and oxygen atoms in total. The first-order chi connectivity index (χ1) is 9.76. The van der Waals surface area contributed by atoms with Gasteiger partial charge in [-0.25, -0.2) is 8.78 Å². The molecule has 2 rings (SSSR count). The molecule has 0 aromatic heterocycles. The third-order valence-corrected chi connectivity index (χ3v) is 3.78. The Balaban J connectivity index is 1.99. The third-order valence-electron chi connectivity index (χ3n) is 3.78. The lowest BCUT2D eigenvalue weighted by atomic mass is 9.88. The first kappa shape index (κ1) is 16.0. The van der Waals surface area contributed by atoms with Crippen molar-refractivity contribution >= 4 is 5.78 Å². The van der Waals surface area contributed by atoms with Crippen LogP contribution in [0.25, 0.3) is 0 Å². The van der Waals surface area contributed by atoms with Crippen LogP contribution in [0.1, 0.15) is 37.0 Å². The van der Waals surface area contributed by atoms with Crippen molar-refractivity contribution in [2.45, 2.75) is 32.2 Å². The van der Waals surface area contributed by atoms with E-state index in [1.807, 2.05) is 13.8 Å². The van der Waals surface area contributed by atoms with Crippen molar-refractivity contribution in [2.75, 3.05) is 19.6 Å². The second-order valence-corrected chi connectivity index (χ2v) is 6.53. The predicted molar refractivity (Wildman–Crippen MR) is 78.1 cm³/mol. The Morgan fingerprint density at radius 2 is 1.95 bits per heavy atom. The summed E-state index contributed by atoms with van der Waals surface area (Å²) in [6.07, 6.45) is 1.32. The molecule has 0 atom stereocenters. The summed E-state index contributed by atoms with van der Waals surface area (Å²) < 4.78 is 26.8. The van der Waals surface area contributed by atoms with Crippen LogP contribution < -0.4 is 5.73 Å². The van der Waals surface area contributed by atoms with E-state index < -0.39 is 11.6 Å². The minimum atomic E-state index is -0.646. The molecule has 0 amide bonds. The average Bonchev–Trinajstić information content (AvgIpc) is 2.40. The largest absolute Gasteiger partial charge is 0.324 e. The Hall–Kier alpha value is -1.33. The van der Waals surface area contributed by atoms with Crippen LogP contribution >= 0.6 is 0 Å². The maximum atomic E-state index is 13.7. The average molecular weight is 296 g/mol. The van der Waals surface area contributed by atoms with Crippen LogP contribution in [0.15, 0.2) is 18.2 Å². The molecular weight excluding hydrogens is 274 g/mol. The summed E-state index contributed by atoms with van der Waals surface area (Å²) in [5, 5.41) is 0. The topological polar surface area (TPSA) is 46.3 Å². The molecule has 0 unspecified atom stereocenters. The number of piperidine rings is 1. The highest BCUT2D eigenvalue weighted by Crippen LogP contribution is 2.24. The monoisotopic (exact) mass is 296 g/mol. The molecule has 0 radical (unpaired) electrons. The molecule has 2 N–H and O–H groups in total. The zero-order chi connectivity index (χ0) is 15.6. The molecule has 1 saturated heterocycles. The van der Waals surface area contributed by atoms with Gasteiger partial charge in [-0.3, -0.25) is 4.79 Å². The van der Waals surface area contributed by atoms with E-state index in [2.05, 4.69) is 4.90 Å². The number of likely N-dealkylation sites (tertiary alicyclic amines) is 1. The molecule has 21 heavy (non-hydrogen) atoms. The maximum absolute atomic E-state index is 13.7. The van der Waals surface area contributed by atoms with Crippen molar-refractivity contribution in [1.82, 2.24) is 4.90 Å². The van der Waals surface area contributed by atoms with E-state index in [1.165, 1.54) is 0 Å². The molecule has 0 bridgehead atoms. The van der Waals surface area contributed by atoms with E-state index >= 15 is 0 Å². The summed E-state index contributed by atoms with van der Waals surface area (Å²) in [6, 6.07) is 3.03. The van der Waals surface area contributed by atoms with Gasteiger partial charge in [-0.05, 0) is 58.0 Å². The molecule has 1 heterocycles. The minimum absolute atomic E-state index is 0.132. The van der Waals surface area contributed by atoms with E-state index in [4.69, 9.17) is 5.73 Å². The van der Waals surface area contributed by atoms with Crippen LogP contribution in [0.2, 0.25) is 0 Å². The molecule has 1 aromatic carbocycles. The van der Waals surface area contributed by atoms with E-state index in [1.54, 1.807) is 0 Å².